The molecule has 1 saturated heterocycles. The lowest BCUT2D eigenvalue weighted by atomic mass is 10.1. The second kappa shape index (κ2) is 11.1. The van der Waals surface area contributed by atoms with Crippen molar-refractivity contribution in [2.75, 3.05) is 19.7 Å². The summed E-state index contributed by atoms with van der Waals surface area (Å²) in [5, 5.41) is 2.67. The molecule has 2 aromatic carbocycles. The van der Waals surface area contributed by atoms with Gasteiger partial charge in [-0.3, -0.25) is 4.79 Å². The monoisotopic (exact) mass is 496 g/mol. The normalized spacial score (nSPS) is 16.0. The summed E-state index contributed by atoms with van der Waals surface area (Å²) < 4.78 is 45.6. The first-order valence-electron chi connectivity index (χ1n) is 10.7. The molecule has 1 fully saturated rings. The smallest absolute Gasteiger partial charge is 0.338 e. The summed E-state index contributed by atoms with van der Waals surface area (Å²) in [4.78, 5) is 24.5. The van der Waals surface area contributed by atoms with Gasteiger partial charge in [-0.15, -0.1) is 0 Å². The average molecular weight is 497 g/mol. The van der Waals surface area contributed by atoms with Gasteiger partial charge in [-0.2, -0.15) is 4.31 Å². The van der Waals surface area contributed by atoms with Crippen LogP contribution in [0.5, 0.6) is 0 Å². The van der Waals surface area contributed by atoms with Gasteiger partial charge >= 0.3 is 5.97 Å². The summed E-state index contributed by atoms with van der Waals surface area (Å²) >= 11 is 6.15. The zero-order valence-corrected chi connectivity index (χ0v) is 19.8. The number of carbonyl (C=O) groups is 2. The zero-order chi connectivity index (χ0) is 24.0. The van der Waals surface area contributed by atoms with Crippen LogP contribution in [-0.2, 0) is 19.6 Å². The van der Waals surface area contributed by atoms with E-state index in [0.29, 0.717) is 18.7 Å². The molecule has 10 heteroatoms. The number of esters is 1. The first-order valence-corrected chi connectivity index (χ1v) is 12.5. The van der Waals surface area contributed by atoms with Crippen LogP contribution < -0.4 is 5.32 Å². The summed E-state index contributed by atoms with van der Waals surface area (Å²) in [6, 6.07) is 9.12. The molecule has 0 radical (unpaired) electrons. The molecule has 1 heterocycles. The molecule has 3 rings (SSSR count). The van der Waals surface area contributed by atoms with E-state index in [1.807, 2.05) is 0 Å². The topological polar surface area (TPSA) is 92.8 Å². The van der Waals surface area contributed by atoms with Crippen LogP contribution in [0, 0.1) is 5.82 Å². The van der Waals surface area contributed by atoms with E-state index in [1.54, 1.807) is 19.1 Å². The number of carbonyl (C=O) groups excluding carboxylic acids is 2. The lowest BCUT2D eigenvalue weighted by Gasteiger charge is -2.21. The van der Waals surface area contributed by atoms with Gasteiger partial charge in [0.2, 0.25) is 10.0 Å². The van der Waals surface area contributed by atoms with Crippen molar-refractivity contribution in [1.29, 1.82) is 0 Å². The van der Waals surface area contributed by atoms with Crippen LogP contribution in [0.4, 0.5) is 4.39 Å². The Kier molecular flexibility index (Phi) is 8.45. The number of hydrogen-bond donors (Lipinski definition) is 1. The van der Waals surface area contributed by atoms with Crippen LogP contribution in [0.25, 0.3) is 0 Å². The van der Waals surface area contributed by atoms with Crippen molar-refractivity contribution in [2.45, 2.75) is 43.5 Å². The number of halogens is 2. The van der Waals surface area contributed by atoms with Gasteiger partial charge in [-0.05, 0) is 55.7 Å². The zero-order valence-electron chi connectivity index (χ0n) is 18.2. The standard InChI is InChI=1S/C23H26ClFN2O5S/c1-16(17-6-9-19(25)10-7-17)26-22(28)15-32-23(29)18-8-11-20(24)21(14-18)33(30,31)27-12-4-2-3-5-13-27/h6-11,14,16H,2-5,12-13,15H2,1H3,(H,26,28)/t16-/m0/s1. The fraction of sp³-hybridized carbons (Fsp3) is 0.391. The van der Waals surface area contributed by atoms with Crippen LogP contribution in [0.15, 0.2) is 47.4 Å². The Hall–Kier alpha value is -2.49. The third kappa shape index (κ3) is 6.52. The fourth-order valence-corrected chi connectivity index (χ4v) is 5.60. The molecule has 1 N–H and O–H groups in total. The van der Waals surface area contributed by atoms with Crippen molar-refractivity contribution in [3.8, 4) is 0 Å². The summed E-state index contributed by atoms with van der Waals surface area (Å²) in [7, 11) is -3.87. The van der Waals surface area contributed by atoms with Crippen molar-refractivity contribution >= 4 is 33.5 Å². The van der Waals surface area contributed by atoms with Crippen molar-refractivity contribution in [3.05, 3.63) is 64.4 Å². The van der Waals surface area contributed by atoms with Gasteiger partial charge in [0.1, 0.15) is 10.7 Å². The minimum atomic E-state index is -3.87. The fourth-order valence-electron chi connectivity index (χ4n) is 3.58. The molecule has 0 aromatic heterocycles. The average Bonchev–Trinajstić information content (AvgIpc) is 3.08. The number of hydrogen-bond acceptors (Lipinski definition) is 5. The highest BCUT2D eigenvalue weighted by atomic mass is 35.5. The Labute approximate surface area is 197 Å². The largest absolute Gasteiger partial charge is 0.452 e. The minimum Gasteiger partial charge on any atom is -0.452 e. The molecule has 33 heavy (non-hydrogen) atoms. The number of sulfonamides is 1. The van der Waals surface area contributed by atoms with Crippen molar-refractivity contribution in [2.24, 2.45) is 0 Å². The quantitative estimate of drug-likeness (QED) is 0.583. The SMILES string of the molecule is C[C@H](NC(=O)COC(=O)c1ccc(Cl)c(S(=O)(=O)N2CCCCCC2)c1)c1ccc(F)cc1. The molecule has 1 atom stereocenters. The highest BCUT2D eigenvalue weighted by molar-refractivity contribution is 7.89. The van der Waals surface area contributed by atoms with Crippen LogP contribution in [-0.4, -0.2) is 44.3 Å². The molecule has 0 saturated carbocycles. The van der Waals surface area contributed by atoms with Crippen molar-refractivity contribution in [3.63, 3.8) is 0 Å². The van der Waals surface area contributed by atoms with Gasteiger partial charge in [-0.25, -0.2) is 17.6 Å². The molecule has 1 aliphatic heterocycles. The maximum Gasteiger partial charge on any atom is 0.338 e. The van der Waals surface area contributed by atoms with Crippen molar-refractivity contribution in [1.82, 2.24) is 9.62 Å². The lowest BCUT2D eigenvalue weighted by molar-refractivity contribution is -0.124. The molecule has 1 amide bonds. The maximum absolute atomic E-state index is 13.1. The van der Waals surface area contributed by atoms with E-state index < -0.39 is 34.5 Å². The molecule has 0 spiro atoms. The molecular weight excluding hydrogens is 471 g/mol. The summed E-state index contributed by atoms with van der Waals surface area (Å²) in [5.41, 5.74) is 0.671. The number of amides is 1. The molecule has 0 unspecified atom stereocenters. The van der Waals surface area contributed by atoms with E-state index in [9.17, 15) is 22.4 Å². The third-order valence-corrected chi connectivity index (χ3v) is 7.81. The predicted molar refractivity (Wildman–Crippen MR) is 122 cm³/mol. The minimum absolute atomic E-state index is 0.0154. The molecule has 178 valence electrons. The third-order valence-electron chi connectivity index (χ3n) is 5.43. The Balaban J connectivity index is 1.64. The first kappa shape index (κ1) is 25.1. The molecule has 0 aliphatic carbocycles. The van der Waals surface area contributed by atoms with Crippen molar-refractivity contribution < 1.29 is 27.1 Å². The molecule has 2 aromatic rings. The number of benzene rings is 2. The van der Waals surface area contributed by atoms with Gasteiger partial charge in [0.15, 0.2) is 6.61 Å². The van der Waals surface area contributed by atoms with E-state index in [0.717, 1.165) is 25.7 Å². The van der Waals surface area contributed by atoms with Gasteiger partial charge in [0.25, 0.3) is 5.91 Å². The second-order valence-corrected chi connectivity index (χ2v) is 10.2. The first-order chi connectivity index (χ1) is 15.7. The van der Waals surface area contributed by atoms with Gasteiger partial charge in [0, 0.05) is 13.1 Å². The van der Waals surface area contributed by atoms with E-state index >= 15 is 0 Å². The van der Waals surface area contributed by atoms with Crippen LogP contribution in [0.1, 0.15) is 54.6 Å². The maximum atomic E-state index is 13.1. The second-order valence-electron chi connectivity index (χ2n) is 7.88. The number of rotatable bonds is 7. The highest BCUT2D eigenvalue weighted by Gasteiger charge is 2.28. The Bertz CT molecular complexity index is 1100. The van der Waals surface area contributed by atoms with Crippen LogP contribution >= 0.6 is 11.6 Å². The summed E-state index contributed by atoms with van der Waals surface area (Å²) in [6.07, 6.45) is 3.47. The van der Waals surface area contributed by atoms with E-state index in [1.165, 1.54) is 34.6 Å². The number of nitrogens with zero attached hydrogens (tertiary/aromatic N) is 1. The summed E-state index contributed by atoms with van der Waals surface area (Å²) in [6.45, 7) is 1.97. The Morgan fingerprint density at radius 3 is 2.36 bits per heavy atom. The molecular formula is C23H26ClFN2O5S. The van der Waals surface area contributed by atoms with E-state index in [2.05, 4.69) is 5.32 Å². The van der Waals surface area contributed by atoms with Crippen LogP contribution in [0.2, 0.25) is 5.02 Å². The molecule has 0 bridgehead atoms. The van der Waals surface area contributed by atoms with E-state index in [-0.39, 0.29) is 21.3 Å². The molecule has 7 nitrogen and oxygen atoms in total. The van der Waals surface area contributed by atoms with E-state index in [4.69, 9.17) is 16.3 Å². The predicted octanol–water partition coefficient (Wildman–Crippen LogP) is 4.08. The number of nitrogens with one attached hydrogen (secondary N) is 1. The van der Waals surface area contributed by atoms with Gasteiger partial charge in [-0.1, -0.05) is 36.6 Å². The Morgan fingerprint density at radius 1 is 1.09 bits per heavy atom. The Morgan fingerprint density at radius 2 is 1.73 bits per heavy atom. The van der Waals surface area contributed by atoms with Gasteiger partial charge in [0.05, 0.1) is 16.6 Å². The molecule has 1 aliphatic rings. The van der Waals surface area contributed by atoms with Crippen LogP contribution in [0.3, 0.4) is 0 Å². The lowest BCUT2D eigenvalue weighted by Crippen LogP contribution is -2.32. The summed E-state index contributed by atoms with van der Waals surface area (Å²) in [5.74, 6) is -1.78. The van der Waals surface area contributed by atoms with Gasteiger partial charge < -0.3 is 10.1 Å². The number of ether oxygens (including phenoxy) is 1. The highest BCUT2D eigenvalue weighted by Crippen LogP contribution is 2.28.